The lowest BCUT2D eigenvalue weighted by molar-refractivity contribution is -0.0626. The second-order valence-electron chi connectivity index (χ2n) is 17.4. The van der Waals surface area contributed by atoms with Crippen LogP contribution in [0, 0.1) is 13.8 Å². The van der Waals surface area contributed by atoms with Crippen LogP contribution >= 0.6 is 39.2 Å². The van der Waals surface area contributed by atoms with Gasteiger partial charge in [-0.1, -0.05) is 12.2 Å². The molecule has 0 radical (unpaired) electrons. The largest absolute Gasteiger partial charge is 0.396 e. The van der Waals surface area contributed by atoms with Crippen LogP contribution in [-0.2, 0) is 95.1 Å². The molecule has 7 rings (SSSR count). The van der Waals surface area contributed by atoms with E-state index in [0.29, 0.717) is 0 Å². The van der Waals surface area contributed by atoms with Crippen LogP contribution in [0.5, 0.6) is 0 Å². The second-order valence-corrected chi connectivity index (χ2v) is 28.7. The number of hydrogen-bond acceptors (Lipinski definition) is 25. The Bertz CT molecular complexity index is 3250. The number of aliphatic hydroxyl groups excluding tert-OH is 1. The van der Waals surface area contributed by atoms with Crippen molar-refractivity contribution in [3.05, 3.63) is 81.9 Å². The minimum Gasteiger partial charge on any atom is -0.396 e. The Morgan fingerprint density at radius 2 is 1.32 bits per heavy atom. The summed E-state index contributed by atoms with van der Waals surface area (Å²) in [4.78, 5) is 112. The molecule has 424 valence electrons. The van der Waals surface area contributed by atoms with Gasteiger partial charge in [0.1, 0.15) is 49.1 Å². The van der Waals surface area contributed by atoms with Crippen LogP contribution < -0.4 is 33.8 Å². The van der Waals surface area contributed by atoms with Gasteiger partial charge in [0.05, 0.1) is 45.0 Å². The predicted molar refractivity (Wildman–Crippen MR) is 279 cm³/mol. The number of nitrogens with two attached hydrogens (primary N) is 1. The summed E-state index contributed by atoms with van der Waals surface area (Å²) in [6.07, 6.45) is -10.00. The summed E-state index contributed by atoms with van der Waals surface area (Å²) in [7, 11) is 1.23. The van der Waals surface area contributed by atoms with Crippen LogP contribution in [0.25, 0.3) is 11.2 Å². The van der Waals surface area contributed by atoms with E-state index in [1.807, 2.05) is 0 Å². The van der Waals surface area contributed by atoms with Gasteiger partial charge in [0.25, 0.3) is 16.7 Å². The average molecular weight is 1230 g/mol. The van der Waals surface area contributed by atoms with Gasteiger partial charge in [-0.15, -0.1) is 0 Å². The van der Waals surface area contributed by atoms with Crippen molar-refractivity contribution >= 4 is 91.7 Å². The number of anilines is 1. The number of nitrogen functional groups attached to an aromatic ring is 1. The number of aromatic nitrogens is 8. The van der Waals surface area contributed by atoms with Crippen LogP contribution in [-0.4, -0.2) is 147 Å². The first kappa shape index (κ1) is 61.0. The fourth-order valence-corrected chi connectivity index (χ4v) is 14.2. The Morgan fingerprint density at radius 1 is 0.763 bits per heavy atom. The fraction of sp³-hybridized carbons (Fsp3) is 0.649. The van der Waals surface area contributed by atoms with E-state index in [1.165, 1.54) is 44.2 Å². The average Bonchev–Trinajstić information content (AvgIpc) is 4.11. The molecule has 0 aliphatic carbocycles. The van der Waals surface area contributed by atoms with Crippen LogP contribution in [0.2, 0.25) is 0 Å². The molecular formula is C37H55N9O22P4S4. The molecule has 14 atom stereocenters. The summed E-state index contributed by atoms with van der Waals surface area (Å²) >= 11 is 20.0. The Balaban J connectivity index is 1.11. The SMILES string of the molecule is COC1C(OP(O)(=S)OCCCO)[C@@H](COP(=O)(S)OC2C[C@H](n3cc(C)c(=O)[nH]c3=O)O[C@@H]2COP(O)(=S)OC2C[C@H](n3cnc4c(=O)[nH]c(N)nc43)O[C@@H]2COP(O)(=S)OC(C)C)O[C@H]1n1cc(C)c(=O)[nH]c1=O. The summed E-state index contributed by atoms with van der Waals surface area (Å²) < 4.78 is 87.5. The molecule has 3 fully saturated rings. The number of rotatable bonds is 25. The minimum absolute atomic E-state index is 0.0396. The monoisotopic (exact) mass is 1230 g/mol. The Kier molecular flexibility index (Phi) is 20.1. The Labute approximate surface area is 450 Å². The lowest BCUT2D eigenvalue weighted by Crippen LogP contribution is -2.40. The summed E-state index contributed by atoms with van der Waals surface area (Å²) in [6, 6.07) is 0. The number of nitrogens with zero attached hydrogens (tertiary/aromatic N) is 5. The number of imidazole rings is 1. The van der Waals surface area contributed by atoms with Crippen molar-refractivity contribution in [3.63, 3.8) is 0 Å². The summed E-state index contributed by atoms with van der Waals surface area (Å²) in [5, 5.41) is 9.24. The quantitative estimate of drug-likeness (QED) is 0.0249. The maximum Gasteiger partial charge on any atom is 0.386 e. The molecule has 3 aliphatic heterocycles. The van der Waals surface area contributed by atoms with E-state index in [-0.39, 0.29) is 60.7 Å². The molecule has 4 aromatic heterocycles. The number of aromatic amines is 3. The molecule has 4 aromatic rings. The van der Waals surface area contributed by atoms with E-state index in [0.717, 1.165) is 9.13 Å². The molecule has 3 saturated heterocycles. The minimum atomic E-state index is -4.64. The lowest BCUT2D eigenvalue weighted by atomic mass is 10.1. The number of ether oxygens (including phenoxy) is 4. The molecule has 8 unspecified atom stereocenters. The van der Waals surface area contributed by atoms with Gasteiger partial charge in [-0.25, -0.2) is 19.1 Å². The second kappa shape index (κ2) is 25.0. The zero-order valence-electron chi connectivity index (χ0n) is 40.7. The zero-order chi connectivity index (χ0) is 55.7. The van der Waals surface area contributed by atoms with Gasteiger partial charge in [-0.2, -0.15) is 4.98 Å². The van der Waals surface area contributed by atoms with E-state index in [4.69, 9.17) is 96.3 Å². The fourth-order valence-electron chi connectivity index (χ4n) is 8.07. The zero-order valence-corrected chi connectivity index (χ0v) is 47.6. The summed E-state index contributed by atoms with van der Waals surface area (Å²) in [6.45, 7) is -13.3. The molecule has 76 heavy (non-hydrogen) atoms. The van der Waals surface area contributed by atoms with Gasteiger partial charge in [-0.05, 0) is 69.5 Å². The Hall–Kier alpha value is -2.60. The number of fused-ring (bicyclic) bond motifs is 1. The molecule has 39 heteroatoms. The first-order chi connectivity index (χ1) is 35.6. The van der Waals surface area contributed by atoms with Crippen molar-refractivity contribution in [3.8, 4) is 0 Å². The predicted octanol–water partition coefficient (Wildman–Crippen LogP) is 0.624. The van der Waals surface area contributed by atoms with E-state index < -0.39 is 142 Å². The smallest absolute Gasteiger partial charge is 0.386 e. The van der Waals surface area contributed by atoms with Gasteiger partial charge in [0, 0.05) is 50.1 Å². The highest BCUT2D eigenvalue weighted by atomic mass is 32.7. The molecule has 31 nitrogen and oxygen atoms in total. The molecule has 0 saturated carbocycles. The van der Waals surface area contributed by atoms with E-state index in [2.05, 4.69) is 37.2 Å². The third-order valence-corrected chi connectivity index (χ3v) is 18.0. The summed E-state index contributed by atoms with van der Waals surface area (Å²) in [5.41, 5.74) is 2.23. The Morgan fingerprint density at radius 3 is 1.92 bits per heavy atom. The van der Waals surface area contributed by atoms with Crippen molar-refractivity contribution in [1.82, 2.24) is 38.6 Å². The van der Waals surface area contributed by atoms with E-state index in [9.17, 15) is 48.3 Å². The lowest BCUT2D eigenvalue weighted by Gasteiger charge is -2.28. The first-order valence-electron chi connectivity index (χ1n) is 22.7. The van der Waals surface area contributed by atoms with Crippen molar-refractivity contribution in [2.45, 2.75) is 114 Å². The van der Waals surface area contributed by atoms with Crippen molar-refractivity contribution < 1.29 is 79.5 Å². The highest BCUT2D eigenvalue weighted by Gasteiger charge is 2.51. The third-order valence-electron chi connectivity index (χ3n) is 11.5. The maximum atomic E-state index is 14.3. The molecule has 9 N–H and O–H groups in total. The number of methoxy groups -OCH3 is 1. The third kappa shape index (κ3) is 15.2. The number of aryl methyl sites for hydroxylation is 2. The van der Waals surface area contributed by atoms with Crippen molar-refractivity contribution in [2.24, 2.45) is 0 Å². The number of nitrogens with one attached hydrogen (secondary N) is 3. The van der Waals surface area contributed by atoms with Gasteiger partial charge < -0.3 is 67.1 Å². The van der Waals surface area contributed by atoms with Gasteiger partial charge in [0.15, 0.2) is 17.4 Å². The molecule has 0 bridgehead atoms. The molecular weight excluding hydrogens is 1170 g/mol. The van der Waals surface area contributed by atoms with Gasteiger partial charge >= 0.3 is 38.3 Å². The highest BCUT2D eigenvalue weighted by Crippen LogP contribution is 2.58. The topological polar surface area (TPSA) is 408 Å². The highest BCUT2D eigenvalue weighted by molar-refractivity contribution is 8.44. The van der Waals surface area contributed by atoms with Crippen molar-refractivity contribution in [2.75, 3.05) is 45.9 Å². The van der Waals surface area contributed by atoms with E-state index in [1.54, 1.807) is 13.8 Å². The molecule has 0 spiro atoms. The number of H-pyrrole nitrogens is 3. The molecule has 0 aromatic carbocycles. The van der Waals surface area contributed by atoms with Crippen LogP contribution in [0.1, 0.15) is 62.9 Å². The van der Waals surface area contributed by atoms with E-state index >= 15 is 0 Å². The number of aliphatic hydroxyl groups is 1. The maximum absolute atomic E-state index is 14.3. The van der Waals surface area contributed by atoms with Crippen molar-refractivity contribution in [1.29, 1.82) is 0 Å². The normalized spacial score (nSPS) is 28.1. The van der Waals surface area contributed by atoms with Crippen LogP contribution in [0.4, 0.5) is 5.95 Å². The number of hydrogen-bond donors (Lipinski definition) is 9. The molecule has 7 heterocycles. The molecule has 0 amide bonds. The van der Waals surface area contributed by atoms with Gasteiger partial charge in [-0.3, -0.25) is 56.6 Å². The van der Waals surface area contributed by atoms with Gasteiger partial charge in [0.2, 0.25) is 5.95 Å². The summed E-state index contributed by atoms with van der Waals surface area (Å²) in [5.74, 6) is -0.214. The van der Waals surface area contributed by atoms with Crippen LogP contribution in [0.15, 0.2) is 42.7 Å². The first-order valence-corrected chi connectivity index (χ1v) is 33.1. The number of thiol groups is 1. The standard InChI is InChI=1S/C37H55N9O22P4S4/c1-17(2)65-70(54,74)59-13-23-21(10-26(63-23)46-16-39-27-30(46)40-35(38)41-33(27)50)67-71(55,75)60-14-22-20(9-25(62-22)44-11-18(3)31(48)42-36(44)51)66-72(56,76)61-15-24-28(68-69(53,73)58-8-6-7-47)29(57-5)34(64-24)45-12-19(4)32(49)43-37(45)52/h11-12,16-17,20-26,28-29,34,47H,6-10,13-15H2,1-5H3,(H,53,73)(H,54,74)(H,55,75)(H,56,76)(H,42,48,51)(H,43,49,52)(H3,38,40,41,50)/t20?,21?,22-,23-,24-,25-,26-,28?,29?,34-,69?,70?,71?,72?/m1/s1. The van der Waals surface area contributed by atoms with Crippen LogP contribution in [0.3, 0.4) is 0 Å². The molecule has 3 aliphatic rings.